The Morgan fingerprint density at radius 2 is 1.66 bits per heavy atom. The second-order valence-electron chi connectivity index (χ2n) is 11.1. The number of ether oxygens (including phenoxy) is 1. The Morgan fingerprint density at radius 3 is 2.14 bits per heavy atom. The molecule has 192 valence electrons. The van der Waals surface area contributed by atoms with Gasteiger partial charge < -0.3 is 20.1 Å². The van der Waals surface area contributed by atoms with Crippen molar-refractivity contribution >= 4 is 24.1 Å². The van der Waals surface area contributed by atoms with Gasteiger partial charge in [-0.05, 0) is 58.6 Å². The lowest BCUT2D eigenvalue weighted by molar-refractivity contribution is 0.0959. The van der Waals surface area contributed by atoms with Crippen molar-refractivity contribution in [2.24, 2.45) is 0 Å². The second kappa shape index (κ2) is 10.5. The lowest BCUT2D eigenvalue weighted by atomic mass is 9.78. The van der Waals surface area contributed by atoms with E-state index in [0.717, 1.165) is 34.2 Å². The second-order valence-corrected chi connectivity index (χ2v) is 11.1. The number of amides is 1. The van der Waals surface area contributed by atoms with Crippen LogP contribution in [-0.2, 0) is 23.8 Å². The summed E-state index contributed by atoms with van der Waals surface area (Å²) in [6.07, 6.45) is 0.753. The van der Waals surface area contributed by atoms with E-state index in [9.17, 15) is 9.90 Å². The number of aromatic hydroxyl groups is 1. The van der Waals surface area contributed by atoms with Crippen molar-refractivity contribution in [2.45, 2.75) is 72.3 Å². The summed E-state index contributed by atoms with van der Waals surface area (Å²) in [6, 6.07) is 7.88. The summed E-state index contributed by atoms with van der Waals surface area (Å²) in [4.78, 5) is 14.4. The molecule has 0 saturated heterocycles. The standard InChI is InChI=1S/C28H39N3O3.ClH/c1-9-34-23-14-18-16-31(25(29)19(18)15-20(23)26(33)30-8)11-10-17-12-21(27(2,3)4)24(32)22(13-17)28(5,6)7;/h12-15,29,32H,9-11,16H2,1-8H3,(H,30,33);1H. The quantitative estimate of drug-likeness (QED) is 0.484. The summed E-state index contributed by atoms with van der Waals surface area (Å²) in [7, 11) is 1.60. The van der Waals surface area contributed by atoms with E-state index in [2.05, 4.69) is 59.0 Å². The van der Waals surface area contributed by atoms with Crippen molar-refractivity contribution in [3.63, 3.8) is 0 Å². The fourth-order valence-electron chi connectivity index (χ4n) is 4.45. The number of rotatable bonds is 6. The van der Waals surface area contributed by atoms with E-state index < -0.39 is 0 Å². The van der Waals surface area contributed by atoms with Crippen LogP contribution in [0.25, 0.3) is 0 Å². The largest absolute Gasteiger partial charge is 0.507 e. The molecule has 0 atom stereocenters. The average Bonchev–Trinajstić information content (AvgIpc) is 3.05. The van der Waals surface area contributed by atoms with E-state index in [-0.39, 0.29) is 29.1 Å². The zero-order valence-corrected chi connectivity index (χ0v) is 23.1. The zero-order valence-electron chi connectivity index (χ0n) is 22.3. The third-order valence-corrected chi connectivity index (χ3v) is 6.37. The molecule has 0 spiro atoms. The molecule has 0 aromatic heterocycles. The van der Waals surface area contributed by atoms with Crippen LogP contribution in [0.3, 0.4) is 0 Å². The van der Waals surface area contributed by atoms with Crippen molar-refractivity contribution in [3.05, 3.63) is 57.6 Å². The maximum absolute atomic E-state index is 12.4. The number of hydrogen-bond donors (Lipinski definition) is 3. The Balaban J connectivity index is 0.00000432. The van der Waals surface area contributed by atoms with Gasteiger partial charge in [0.2, 0.25) is 0 Å². The molecule has 1 amide bonds. The molecule has 2 aromatic rings. The third kappa shape index (κ3) is 5.92. The lowest BCUT2D eigenvalue weighted by Crippen LogP contribution is -2.27. The van der Waals surface area contributed by atoms with Gasteiger partial charge in [0.15, 0.2) is 0 Å². The zero-order chi connectivity index (χ0) is 25.4. The summed E-state index contributed by atoms with van der Waals surface area (Å²) in [5, 5.41) is 22.4. The highest BCUT2D eigenvalue weighted by atomic mass is 35.5. The van der Waals surface area contributed by atoms with Gasteiger partial charge in [-0.25, -0.2) is 0 Å². The molecule has 1 aliphatic rings. The third-order valence-electron chi connectivity index (χ3n) is 6.37. The number of phenolic OH excluding ortho intramolecular Hbond substituents is 1. The Hall–Kier alpha value is -2.73. The summed E-state index contributed by atoms with van der Waals surface area (Å²) < 4.78 is 5.71. The minimum Gasteiger partial charge on any atom is -0.507 e. The van der Waals surface area contributed by atoms with Crippen molar-refractivity contribution in [1.29, 1.82) is 5.41 Å². The van der Waals surface area contributed by atoms with E-state index in [1.165, 1.54) is 0 Å². The number of nitrogens with zero attached hydrogens (tertiary/aromatic N) is 1. The fraction of sp³-hybridized carbons (Fsp3) is 0.500. The number of hydrogen-bond acceptors (Lipinski definition) is 4. The van der Waals surface area contributed by atoms with Gasteiger partial charge in [0.1, 0.15) is 17.3 Å². The summed E-state index contributed by atoms with van der Waals surface area (Å²) in [5.74, 6) is 1.15. The van der Waals surface area contributed by atoms with Crippen LogP contribution in [0.1, 0.15) is 86.6 Å². The van der Waals surface area contributed by atoms with Gasteiger partial charge >= 0.3 is 0 Å². The minimum atomic E-state index is -0.217. The monoisotopic (exact) mass is 501 g/mol. The summed E-state index contributed by atoms with van der Waals surface area (Å²) in [5.41, 5.74) is 4.93. The van der Waals surface area contributed by atoms with E-state index in [0.29, 0.717) is 42.6 Å². The molecule has 0 fully saturated rings. The van der Waals surface area contributed by atoms with E-state index in [4.69, 9.17) is 10.1 Å². The maximum atomic E-state index is 12.4. The smallest absolute Gasteiger partial charge is 0.254 e. The number of phenols is 1. The first-order valence-corrected chi connectivity index (χ1v) is 12.0. The molecular weight excluding hydrogens is 462 g/mol. The molecule has 1 aliphatic heterocycles. The van der Waals surface area contributed by atoms with Gasteiger partial charge in [-0.3, -0.25) is 10.2 Å². The normalized spacial score (nSPS) is 13.4. The highest BCUT2D eigenvalue weighted by molar-refractivity contribution is 6.05. The van der Waals surface area contributed by atoms with Gasteiger partial charge in [-0.1, -0.05) is 53.7 Å². The van der Waals surface area contributed by atoms with Crippen molar-refractivity contribution in [1.82, 2.24) is 10.2 Å². The van der Waals surface area contributed by atoms with E-state index in [1.54, 1.807) is 13.1 Å². The van der Waals surface area contributed by atoms with Crippen LogP contribution in [0.2, 0.25) is 0 Å². The highest BCUT2D eigenvalue weighted by Gasteiger charge is 2.29. The molecule has 0 saturated carbocycles. The molecular formula is C28H40ClN3O3. The summed E-state index contributed by atoms with van der Waals surface area (Å²) >= 11 is 0. The predicted octanol–water partition coefficient (Wildman–Crippen LogP) is 5.55. The highest BCUT2D eigenvalue weighted by Crippen LogP contribution is 2.40. The molecule has 3 N–H and O–H groups in total. The Morgan fingerprint density at radius 1 is 1.09 bits per heavy atom. The number of carbonyl (C=O) groups excluding carboxylic acids is 1. The number of nitrogens with one attached hydrogen (secondary N) is 2. The Kier molecular flexibility index (Phi) is 8.54. The first kappa shape index (κ1) is 28.5. The number of carbonyl (C=O) groups is 1. The number of fused-ring (bicyclic) bond motifs is 1. The predicted molar refractivity (Wildman–Crippen MR) is 145 cm³/mol. The lowest BCUT2D eigenvalue weighted by Gasteiger charge is -2.28. The van der Waals surface area contributed by atoms with Gasteiger partial charge in [-0.15, -0.1) is 12.4 Å². The van der Waals surface area contributed by atoms with Crippen LogP contribution in [0, 0.1) is 5.41 Å². The summed E-state index contributed by atoms with van der Waals surface area (Å²) in [6.45, 7) is 16.3. The molecule has 0 radical (unpaired) electrons. The van der Waals surface area contributed by atoms with Gasteiger partial charge in [0.25, 0.3) is 5.91 Å². The van der Waals surface area contributed by atoms with Crippen LogP contribution < -0.4 is 10.1 Å². The molecule has 2 aromatic carbocycles. The Labute approximate surface area is 216 Å². The first-order chi connectivity index (χ1) is 15.8. The average molecular weight is 502 g/mol. The van der Waals surface area contributed by atoms with Crippen molar-refractivity contribution in [3.8, 4) is 11.5 Å². The molecule has 0 bridgehead atoms. The SMILES string of the molecule is CCOc1cc2c(cc1C(=O)NC)C(=N)N(CCc1cc(C(C)(C)C)c(O)c(C(C)(C)C)c1)C2.Cl. The van der Waals surface area contributed by atoms with E-state index in [1.807, 2.05) is 17.9 Å². The minimum absolute atomic E-state index is 0. The van der Waals surface area contributed by atoms with Gasteiger partial charge in [0.05, 0.1) is 12.2 Å². The molecule has 7 heteroatoms. The fourth-order valence-corrected chi connectivity index (χ4v) is 4.45. The van der Waals surface area contributed by atoms with Gasteiger partial charge in [-0.2, -0.15) is 0 Å². The molecule has 35 heavy (non-hydrogen) atoms. The topological polar surface area (TPSA) is 85.7 Å². The molecule has 1 heterocycles. The molecule has 3 rings (SSSR count). The molecule has 0 unspecified atom stereocenters. The van der Waals surface area contributed by atoms with E-state index >= 15 is 0 Å². The molecule has 6 nitrogen and oxygen atoms in total. The first-order valence-electron chi connectivity index (χ1n) is 12.0. The van der Waals surface area contributed by atoms with Gasteiger partial charge in [0, 0.05) is 25.7 Å². The Bertz CT molecular complexity index is 1080. The van der Waals surface area contributed by atoms with Crippen LogP contribution >= 0.6 is 12.4 Å². The molecule has 0 aliphatic carbocycles. The van der Waals surface area contributed by atoms with Crippen molar-refractivity contribution < 1.29 is 14.6 Å². The number of benzene rings is 2. The number of amidine groups is 1. The van der Waals surface area contributed by atoms with Crippen molar-refractivity contribution in [2.75, 3.05) is 20.2 Å². The van der Waals surface area contributed by atoms with Crippen LogP contribution in [-0.4, -0.2) is 41.9 Å². The number of halogens is 1. The maximum Gasteiger partial charge on any atom is 0.254 e. The van der Waals surface area contributed by atoms with Crippen LogP contribution in [0.15, 0.2) is 24.3 Å². The van der Waals surface area contributed by atoms with Crippen LogP contribution in [0.5, 0.6) is 11.5 Å². The van der Waals surface area contributed by atoms with Crippen LogP contribution in [0.4, 0.5) is 0 Å².